The fourth-order valence-electron chi connectivity index (χ4n) is 2.90. The number of aromatic nitrogens is 1. The van der Waals surface area contributed by atoms with E-state index in [-0.39, 0.29) is 12.1 Å². The Morgan fingerprint density at radius 3 is 2.96 bits per heavy atom. The van der Waals surface area contributed by atoms with Crippen molar-refractivity contribution in [2.45, 2.75) is 12.5 Å². The largest absolute Gasteiger partial charge is 0.379 e. The van der Waals surface area contributed by atoms with E-state index in [4.69, 9.17) is 9.47 Å². The maximum Gasteiger partial charge on any atom is 0.321 e. The Bertz CT molecular complexity index is 493. The minimum atomic E-state index is -0.0875. The van der Waals surface area contributed by atoms with Gasteiger partial charge in [0, 0.05) is 45.5 Å². The number of carbonyl (C=O) groups is 1. The molecule has 2 fully saturated rings. The lowest BCUT2D eigenvalue weighted by Crippen LogP contribution is -2.46. The summed E-state index contributed by atoms with van der Waals surface area (Å²) in [4.78, 5) is 20.7. The molecule has 2 aliphatic rings. The molecule has 7 nitrogen and oxygen atoms in total. The first-order valence-corrected chi connectivity index (χ1v) is 8.19. The first-order chi connectivity index (χ1) is 11.3. The Morgan fingerprint density at radius 2 is 2.17 bits per heavy atom. The molecule has 0 aromatic carbocycles. The Morgan fingerprint density at radius 1 is 1.30 bits per heavy atom. The second-order valence-corrected chi connectivity index (χ2v) is 5.88. The van der Waals surface area contributed by atoms with Gasteiger partial charge in [-0.25, -0.2) is 4.79 Å². The monoisotopic (exact) mass is 320 g/mol. The number of amides is 2. The number of carbonyl (C=O) groups excluding carboxylic acids is 1. The minimum absolute atomic E-state index is 0.0512. The summed E-state index contributed by atoms with van der Waals surface area (Å²) in [7, 11) is 0. The fourth-order valence-corrected chi connectivity index (χ4v) is 2.90. The maximum atomic E-state index is 12.5. The summed E-state index contributed by atoms with van der Waals surface area (Å²) in [6.07, 6.45) is 4.25. The zero-order valence-electron chi connectivity index (χ0n) is 13.3. The number of nitrogens with one attached hydrogen (secondary N) is 1. The van der Waals surface area contributed by atoms with Gasteiger partial charge in [-0.15, -0.1) is 0 Å². The average molecular weight is 320 g/mol. The van der Waals surface area contributed by atoms with Crippen LogP contribution in [0.1, 0.15) is 6.42 Å². The van der Waals surface area contributed by atoms with Gasteiger partial charge in [0.15, 0.2) is 0 Å². The van der Waals surface area contributed by atoms with E-state index in [9.17, 15) is 4.79 Å². The molecule has 0 spiro atoms. The predicted molar refractivity (Wildman–Crippen MR) is 86.4 cm³/mol. The van der Waals surface area contributed by atoms with E-state index in [1.54, 1.807) is 12.4 Å². The lowest BCUT2D eigenvalue weighted by Gasteiger charge is -2.31. The third-order valence-electron chi connectivity index (χ3n) is 4.12. The van der Waals surface area contributed by atoms with E-state index < -0.39 is 0 Å². The van der Waals surface area contributed by atoms with E-state index in [0.29, 0.717) is 25.4 Å². The van der Waals surface area contributed by atoms with Gasteiger partial charge in [-0.05, 0) is 18.6 Å². The van der Waals surface area contributed by atoms with Crippen LogP contribution >= 0.6 is 0 Å². The molecule has 0 unspecified atom stereocenters. The molecule has 1 N–H and O–H groups in total. The lowest BCUT2D eigenvalue weighted by molar-refractivity contribution is -0.00983. The van der Waals surface area contributed by atoms with Gasteiger partial charge in [0.05, 0.1) is 31.2 Å². The standard InChI is InChI=1S/C16H24N4O3/c21-16(18-14-3-1-4-17-11-14)20-5-2-8-23-15(13-20)12-19-6-9-22-10-7-19/h1,3-4,11,15H,2,5-10,12-13H2,(H,18,21)/t15-/m1/s1. The number of morpholine rings is 1. The number of hydrogen-bond acceptors (Lipinski definition) is 5. The van der Waals surface area contributed by atoms with Crippen molar-refractivity contribution in [3.63, 3.8) is 0 Å². The number of ether oxygens (including phenoxy) is 2. The number of hydrogen-bond donors (Lipinski definition) is 1. The Balaban J connectivity index is 1.54. The van der Waals surface area contributed by atoms with Crippen LogP contribution in [0, 0.1) is 0 Å². The number of nitrogens with zero attached hydrogens (tertiary/aromatic N) is 3. The lowest BCUT2D eigenvalue weighted by atomic mass is 10.2. The number of rotatable bonds is 3. The van der Waals surface area contributed by atoms with Crippen molar-refractivity contribution in [1.82, 2.24) is 14.8 Å². The van der Waals surface area contributed by atoms with Crippen LogP contribution in [-0.2, 0) is 9.47 Å². The van der Waals surface area contributed by atoms with Gasteiger partial charge in [0.1, 0.15) is 0 Å². The molecule has 1 atom stereocenters. The molecular formula is C16H24N4O3. The quantitative estimate of drug-likeness (QED) is 0.901. The van der Waals surface area contributed by atoms with E-state index in [1.165, 1.54) is 0 Å². The first-order valence-electron chi connectivity index (χ1n) is 8.19. The van der Waals surface area contributed by atoms with Crippen LogP contribution in [-0.4, -0.2) is 79.5 Å². The van der Waals surface area contributed by atoms with Crippen molar-refractivity contribution in [2.24, 2.45) is 0 Å². The van der Waals surface area contributed by atoms with Crippen LogP contribution in [0.4, 0.5) is 10.5 Å². The molecule has 2 aliphatic heterocycles. The molecule has 126 valence electrons. The highest BCUT2D eigenvalue weighted by atomic mass is 16.5. The van der Waals surface area contributed by atoms with Crippen LogP contribution in [0.3, 0.4) is 0 Å². The topological polar surface area (TPSA) is 66.9 Å². The Kier molecular flexibility index (Phi) is 5.79. The van der Waals surface area contributed by atoms with Crippen molar-refractivity contribution in [3.8, 4) is 0 Å². The molecule has 1 aromatic heterocycles. The van der Waals surface area contributed by atoms with E-state index in [0.717, 1.165) is 39.3 Å². The Hall–Kier alpha value is -1.70. The van der Waals surface area contributed by atoms with Crippen molar-refractivity contribution in [2.75, 3.05) is 57.9 Å². The number of urea groups is 1. The molecule has 0 aliphatic carbocycles. The van der Waals surface area contributed by atoms with Gasteiger partial charge in [-0.3, -0.25) is 9.88 Å². The highest BCUT2D eigenvalue weighted by Crippen LogP contribution is 2.11. The van der Waals surface area contributed by atoms with Crippen LogP contribution in [0.2, 0.25) is 0 Å². The van der Waals surface area contributed by atoms with Gasteiger partial charge in [0.2, 0.25) is 0 Å². The molecule has 0 saturated carbocycles. The third kappa shape index (κ3) is 4.89. The summed E-state index contributed by atoms with van der Waals surface area (Å²) in [6, 6.07) is 3.56. The molecule has 3 heterocycles. The summed E-state index contributed by atoms with van der Waals surface area (Å²) < 4.78 is 11.3. The molecule has 0 radical (unpaired) electrons. The summed E-state index contributed by atoms with van der Waals surface area (Å²) in [5, 5.41) is 2.90. The zero-order valence-corrected chi connectivity index (χ0v) is 13.3. The van der Waals surface area contributed by atoms with E-state index >= 15 is 0 Å². The average Bonchev–Trinajstić information content (AvgIpc) is 2.82. The highest BCUT2D eigenvalue weighted by Gasteiger charge is 2.25. The molecule has 7 heteroatoms. The summed E-state index contributed by atoms with van der Waals surface area (Å²) in [6.45, 7) is 6.29. The van der Waals surface area contributed by atoms with Crippen molar-refractivity contribution in [3.05, 3.63) is 24.5 Å². The molecule has 3 rings (SSSR count). The van der Waals surface area contributed by atoms with Gasteiger partial charge in [-0.2, -0.15) is 0 Å². The fraction of sp³-hybridized carbons (Fsp3) is 0.625. The SMILES string of the molecule is O=C(Nc1cccnc1)N1CCCO[C@H](CN2CCOCC2)C1. The molecular weight excluding hydrogens is 296 g/mol. The molecule has 2 saturated heterocycles. The second kappa shape index (κ2) is 8.24. The molecule has 1 aromatic rings. The second-order valence-electron chi connectivity index (χ2n) is 5.88. The highest BCUT2D eigenvalue weighted by molar-refractivity contribution is 5.89. The van der Waals surface area contributed by atoms with Gasteiger partial charge < -0.3 is 19.7 Å². The summed E-state index contributed by atoms with van der Waals surface area (Å²) in [5.41, 5.74) is 0.715. The van der Waals surface area contributed by atoms with E-state index in [2.05, 4.69) is 15.2 Å². The molecule has 0 bridgehead atoms. The zero-order chi connectivity index (χ0) is 15.9. The van der Waals surface area contributed by atoms with Gasteiger partial charge >= 0.3 is 6.03 Å². The molecule has 23 heavy (non-hydrogen) atoms. The van der Waals surface area contributed by atoms with Gasteiger partial charge in [0.25, 0.3) is 0 Å². The van der Waals surface area contributed by atoms with Crippen molar-refractivity contribution >= 4 is 11.7 Å². The summed E-state index contributed by atoms with van der Waals surface area (Å²) >= 11 is 0. The minimum Gasteiger partial charge on any atom is -0.379 e. The van der Waals surface area contributed by atoms with Crippen LogP contribution in [0.5, 0.6) is 0 Å². The van der Waals surface area contributed by atoms with Crippen LogP contribution in [0.25, 0.3) is 0 Å². The van der Waals surface area contributed by atoms with Crippen molar-refractivity contribution < 1.29 is 14.3 Å². The maximum absolute atomic E-state index is 12.5. The third-order valence-corrected chi connectivity index (χ3v) is 4.12. The molecule has 2 amide bonds. The van der Waals surface area contributed by atoms with Crippen molar-refractivity contribution in [1.29, 1.82) is 0 Å². The predicted octanol–water partition coefficient (Wildman–Crippen LogP) is 1.04. The smallest absolute Gasteiger partial charge is 0.321 e. The number of pyridine rings is 1. The van der Waals surface area contributed by atoms with E-state index in [1.807, 2.05) is 17.0 Å². The van der Waals surface area contributed by atoms with Crippen LogP contribution in [0.15, 0.2) is 24.5 Å². The van der Waals surface area contributed by atoms with Crippen LogP contribution < -0.4 is 5.32 Å². The first kappa shape index (κ1) is 16.2. The normalized spacial score (nSPS) is 23.3. The van der Waals surface area contributed by atoms with Gasteiger partial charge in [-0.1, -0.05) is 0 Å². The summed E-state index contributed by atoms with van der Waals surface area (Å²) in [5.74, 6) is 0. The number of anilines is 1. The Labute approximate surface area is 136 Å².